The average Bonchev–Trinajstić information content (AvgIpc) is 2.40. The normalized spacial score (nSPS) is 12.4. The molecule has 2 aromatic rings. The van der Waals surface area contributed by atoms with E-state index in [1.54, 1.807) is 24.8 Å². The fourth-order valence-corrected chi connectivity index (χ4v) is 1.86. The van der Waals surface area contributed by atoms with Crippen molar-refractivity contribution in [1.82, 2.24) is 15.4 Å². The molecule has 5 nitrogen and oxygen atoms in total. The Bertz CT molecular complexity index is 516. The summed E-state index contributed by atoms with van der Waals surface area (Å²) in [6.45, 7) is 3.96. The lowest BCUT2D eigenvalue weighted by molar-refractivity contribution is 0.241. The predicted molar refractivity (Wildman–Crippen MR) is 73.4 cm³/mol. The van der Waals surface area contributed by atoms with E-state index in [1.165, 1.54) is 0 Å². The Hall–Kier alpha value is -1.98. The summed E-state index contributed by atoms with van der Waals surface area (Å²) in [6.07, 6.45) is 7.08. The van der Waals surface area contributed by atoms with Crippen LogP contribution in [0.5, 0.6) is 5.75 Å². The molecule has 0 aliphatic heterocycles. The van der Waals surface area contributed by atoms with Crippen molar-refractivity contribution in [2.75, 3.05) is 0 Å². The molecule has 2 rings (SSSR count). The van der Waals surface area contributed by atoms with Gasteiger partial charge in [-0.05, 0) is 37.1 Å². The molecule has 2 heterocycles. The molecular formula is C14H18N4O. The molecule has 0 spiro atoms. The average molecular weight is 258 g/mol. The second-order valence-electron chi connectivity index (χ2n) is 4.51. The molecular weight excluding hydrogens is 240 g/mol. The van der Waals surface area contributed by atoms with E-state index in [2.05, 4.69) is 15.4 Å². The highest BCUT2D eigenvalue weighted by atomic mass is 16.5. The van der Waals surface area contributed by atoms with Gasteiger partial charge in [0, 0.05) is 18.6 Å². The van der Waals surface area contributed by atoms with Crippen molar-refractivity contribution < 1.29 is 4.74 Å². The lowest BCUT2D eigenvalue weighted by atomic mass is 10.0. The number of rotatable bonds is 5. The number of nitrogens with zero attached hydrogens (tertiary/aromatic N) is 2. The SMILES string of the molecule is CC(C)Oc1cncc(C(NN)c2cccnc2)c1. The Morgan fingerprint density at radius 1 is 1.16 bits per heavy atom. The monoisotopic (exact) mass is 258 g/mol. The molecule has 0 radical (unpaired) electrons. The number of aromatic nitrogens is 2. The smallest absolute Gasteiger partial charge is 0.138 e. The highest BCUT2D eigenvalue weighted by Crippen LogP contribution is 2.23. The van der Waals surface area contributed by atoms with Crippen molar-refractivity contribution in [3.8, 4) is 5.75 Å². The summed E-state index contributed by atoms with van der Waals surface area (Å²) >= 11 is 0. The first-order valence-corrected chi connectivity index (χ1v) is 6.18. The first-order valence-electron chi connectivity index (χ1n) is 6.18. The fraction of sp³-hybridized carbons (Fsp3) is 0.286. The molecule has 0 aliphatic rings. The molecule has 0 bridgehead atoms. The van der Waals surface area contributed by atoms with Crippen LogP contribution in [0, 0.1) is 0 Å². The molecule has 5 heteroatoms. The summed E-state index contributed by atoms with van der Waals surface area (Å²) in [5.41, 5.74) is 4.70. The molecule has 2 aromatic heterocycles. The number of ether oxygens (including phenoxy) is 1. The topological polar surface area (TPSA) is 73.1 Å². The van der Waals surface area contributed by atoms with Crippen LogP contribution >= 0.6 is 0 Å². The Labute approximate surface area is 112 Å². The van der Waals surface area contributed by atoms with Crippen molar-refractivity contribution in [2.45, 2.75) is 26.0 Å². The van der Waals surface area contributed by atoms with Crippen LogP contribution in [0.4, 0.5) is 0 Å². The lowest BCUT2D eigenvalue weighted by Gasteiger charge is -2.17. The van der Waals surface area contributed by atoms with Crippen molar-refractivity contribution in [2.24, 2.45) is 5.84 Å². The van der Waals surface area contributed by atoms with Crippen LogP contribution in [0.1, 0.15) is 31.0 Å². The van der Waals surface area contributed by atoms with Crippen molar-refractivity contribution in [3.63, 3.8) is 0 Å². The van der Waals surface area contributed by atoms with Gasteiger partial charge in [0.1, 0.15) is 5.75 Å². The van der Waals surface area contributed by atoms with Gasteiger partial charge >= 0.3 is 0 Å². The van der Waals surface area contributed by atoms with E-state index in [-0.39, 0.29) is 12.1 Å². The van der Waals surface area contributed by atoms with Crippen LogP contribution < -0.4 is 16.0 Å². The van der Waals surface area contributed by atoms with E-state index in [9.17, 15) is 0 Å². The highest BCUT2D eigenvalue weighted by molar-refractivity contribution is 5.32. The minimum absolute atomic E-state index is 0.111. The Kier molecular flexibility index (Phi) is 4.43. The molecule has 0 aliphatic carbocycles. The van der Waals surface area contributed by atoms with Gasteiger partial charge in [0.2, 0.25) is 0 Å². The molecule has 19 heavy (non-hydrogen) atoms. The summed E-state index contributed by atoms with van der Waals surface area (Å²) in [7, 11) is 0. The number of pyridine rings is 2. The van der Waals surface area contributed by atoms with E-state index >= 15 is 0 Å². The van der Waals surface area contributed by atoms with E-state index < -0.39 is 0 Å². The lowest BCUT2D eigenvalue weighted by Crippen LogP contribution is -2.29. The standard InChI is InChI=1S/C14H18N4O/c1-10(2)19-13-6-12(8-17-9-13)14(18-15)11-4-3-5-16-7-11/h3-10,14,18H,15H2,1-2H3. The number of hydrogen-bond donors (Lipinski definition) is 2. The minimum Gasteiger partial charge on any atom is -0.489 e. The summed E-state index contributed by atoms with van der Waals surface area (Å²) < 4.78 is 5.64. The molecule has 100 valence electrons. The summed E-state index contributed by atoms with van der Waals surface area (Å²) in [4.78, 5) is 8.29. The van der Waals surface area contributed by atoms with Gasteiger partial charge in [0.25, 0.3) is 0 Å². The van der Waals surface area contributed by atoms with Crippen LogP contribution in [-0.4, -0.2) is 16.1 Å². The van der Waals surface area contributed by atoms with Crippen LogP contribution in [-0.2, 0) is 0 Å². The van der Waals surface area contributed by atoms with Gasteiger partial charge in [-0.15, -0.1) is 0 Å². The second kappa shape index (κ2) is 6.26. The zero-order chi connectivity index (χ0) is 13.7. The van der Waals surface area contributed by atoms with Gasteiger partial charge < -0.3 is 4.74 Å². The van der Waals surface area contributed by atoms with Crippen LogP contribution in [0.2, 0.25) is 0 Å². The maximum absolute atomic E-state index is 5.64. The van der Waals surface area contributed by atoms with Gasteiger partial charge in [-0.2, -0.15) is 0 Å². The zero-order valence-corrected chi connectivity index (χ0v) is 11.1. The largest absolute Gasteiger partial charge is 0.489 e. The molecule has 3 N–H and O–H groups in total. The highest BCUT2D eigenvalue weighted by Gasteiger charge is 2.13. The maximum atomic E-state index is 5.64. The third-order valence-electron chi connectivity index (χ3n) is 2.62. The molecule has 0 amide bonds. The van der Waals surface area contributed by atoms with Gasteiger partial charge in [-0.1, -0.05) is 6.07 Å². The van der Waals surface area contributed by atoms with Gasteiger partial charge in [0.05, 0.1) is 18.3 Å². The summed E-state index contributed by atoms with van der Waals surface area (Å²) in [6, 6.07) is 5.62. The first kappa shape index (κ1) is 13.5. The van der Waals surface area contributed by atoms with Crippen molar-refractivity contribution in [1.29, 1.82) is 0 Å². The van der Waals surface area contributed by atoms with Gasteiger partial charge in [0.15, 0.2) is 0 Å². The second-order valence-corrected chi connectivity index (χ2v) is 4.51. The van der Waals surface area contributed by atoms with Crippen LogP contribution in [0.25, 0.3) is 0 Å². The third kappa shape index (κ3) is 3.49. The Morgan fingerprint density at radius 3 is 2.58 bits per heavy atom. The van der Waals surface area contributed by atoms with Crippen molar-refractivity contribution in [3.05, 3.63) is 54.1 Å². The number of hydrazine groups is 1. The van der Waals surface area contributed by atoms with E-state index in [4.69, 9.17) is 10.6 Å². The summed E-state index contributed by atoms with van der Waals surface area (Å²) in [5, 5.41) is 0. The minimum atomic E-state index is -0.156. The van der Waals surface area contributed by atoms with Gasteiger partial charge in [-0.3, -0.25) is 15.8 Å². The zero-order valence-electron chi connectivity index (χ0n) is 11.1. The fourth-order valence-electron chi connectivity index (χ4n) is 1.86. The number of hydrogen-bond acceptors (Lipinski definition) is 5. The van der Waals surface area contributed by atoms with Crippen molar-refractivity contribution >= 4 is 0 Å². The first-order chi connectivity index (χ1) is 9.20. The third-order valence-corrected chi connectivity index (χ3v) is 2.62. The number of nitrogens with one attached hydrogen (secondary N) is 1. The molecule has 1 atom stereocenters. The predicted octanol–water partition coefficient (Wildman–Crippen LogP) is 1.82. The molecule has 0 aromatic carbocycles. The summed E-state index contributed by atoms with van der Waals surface area (Å²) in [5.74, 6) is 6.37. The van der Waals surface area contributed by atoms with E-state index in [1.807, 2.05) is 32.0 Å². The van der Waals surface area contributed by atoms with E-state index in [0.29, 0.717) is 0 Å². The maximum Gasteiger partial charge on any atom is 0.138 e. The molecule has 1 unspecified atom stereocenters. The van der Waals surface area contributed by atoms with Crippen LogP contribution in [0.15, 0.2) is 43.0 Å². The Balaban J connectivity index is 2.28. The van der Waals surface area contributed by atoms with E-state index in [0.717, 1.165) is 16.9 Å². The number of nitrogens with two attached hydrogens (primary N) is 1. The Morgan fingerprint density at radius 2 is 1.95 bits per heavy atom. The molecule has 0 saturated carbocycles. The van der Waals surface area contributed by atoms with Crippen LogP contribution in [0.3, 0.4) is 0 Å². The quantitative estimate of drug-likeness (QED) is 0.632. The molecule has 0 fully saturated rings. The molecule has 0 saturated heterocycles. The van der Waals surface area contributed by atoms with Gasteiger partial charge in [-0.25, -0.2) is 5.43 Å².